The summed E-state index contributed by atoms with van der Waals surface area (Å²) in [5.41, 5.74) is 1.64. The fraction of sp³-hybridized carbons (Fsp3) is 0.273. The van der Waals surface area contributed by atoms with Gasteiger partial charge in [-0.25, -0.2) is 4.39 Å². The molecule has 0 aliphatic carbocycles. The smallest absolute Gasteiger partial charge is 0.165 e. The molecule has 0 aliphatic heterocycles. The minimum Gasteiger partial charge on any atom is -0.493 e. The summed E-state index contributed by atoms with van der Waals surface area (Å²) in [5.74, 6) is -0.0519. The lowest BCUT2D eigenvalue weighted by atomic mass is 10.0. The first kappa shape index (κ1) is 9.78. The average molecular weight is 180 g/mol. The van der Waals surface area contributed by atoms with Gasteiger partial charge in [-0.2, -0.15) is 0 Å². The molecule has 1 nitrogen and oxygen atoms in total. The van der Waals surface area contributed by atoms with E-state index in [0.29, 0.717) is 0 Å². The number of rotatable bonds is 3. The van der Waals surface area contributed by atoms with E-state index in [4.69, 9.17) is 4.74 Å². The Kier molecular flexibility index (Phi) is 3.07. The highest BCUT2D eigenvalue weighted by Gasteiger charge is 2.09. The van der Waals surface area contributed by atoms with Gasteiger partial charge < -0.3 is 4.74 Å². The molecule has 0 spiro atoms. The van der Waals surface area contributed by atoms with Gasteiger partial charge in [0.1, 0.15) is 0 Å². The van der Waals surface area contributed by atoms with Crippen LogP contribution in [0.1, 0.15) is 18.9 Å². The lowest BCUT2D eigenvalue weighted by molar-refractivity contribution is 0.385. The zero-order valence-electron chi connectivity index (χ0n) is 7.93. The third-order valence-corrected chi connectivity index (χ3v) is 1.98. The van der Waals surface area contributed by atoms with Crippen LogP contribution in [0.4, 0.5) is 4.39 Å². The highest BCUT2D eigenvalue weighted by atomic mass is 19.1. The van der Waals surface area contributed by atoms with Crippen molar-refractivity contribution in [2.24, 2.45) is 0 Å². The summed E-state index contributed by atoms with van der Waals surface area (Å²) in [4.78, 5) is 0. The van der Waals surface area contributed by atoms with Crippen LogP contribution >= 0.6 is 0 Å². The Labute approximate surface area is 77.8 Å². The van der Waals surface area contributed by atoms with Gasteiger partial charge in [-0.3, -0.25) is 0 Å². The van der Waals surface area contributed by atoms with E-state index in [1.165, 1.54) is 13.2 Å². The summed E-state index contributed by atoms with van der Waals surface area (Å²) in [5, 5.41) is 0. The van der Waals surface area contributed by atoms with Crippen molar-refractivity contribution < 1.29 is 9.13 Å². The second-order valence-electron chi connectivity index (χ2n) is 2.78. The molecule has 0 aliphatic rings. The quantitative estimate of drug-likeness (QED) is 0.693. The Morgan fingerprint density at radius 3 is 2.77 bits per heavy atom. The Hall–Kier alpha value is -1.31. The zero-order chi connectivity index (χ0) is 9.84. The molecule has 0 N–H and O–H groups in total. The fourth-order valence-corrected chi connectivity index (χ4v) is 1.19. The number of para-hydroxylation sites is 1. The normalized spacial score (nSPS) is 9.77. The van der Waals surface area contributed by atoms with Crippen LogP contribution in [0.15, 0.2) is 24.8 Å². The first-order valence-electron chi connectivity index (χ1n) is 4.21. The number of halogens is 1. The van der Waals surface area contributed by atoms with Gasteiger partial charge in [0.05, 0.1) is 7.11 Å². The minimum atomic E-state index is -0.338. The van der Waals surface area contributed by atoms with Crippen LogP contribution in [0.25, 0.3) is 5.57 Å². The standard InChI is InChI=1S/C11H13FO/c1-4-8(2)9-6-5-7-10(12)11(9)13-3/h5-7H,2,4H2,1,3H3. The van der Waals surface area contributed by atoms with E-state index in [2.05, 4.69) is 6.58 Å². The molecule has 0 amide bonds. The molecule has 1 aromatic carbocycles. The van der Waals surface area contributed by atoms with Crippen molar-refractivity contribution in [3.05, 3.63) is 36.2 Å². The van der Waals surface area contributed by atoms with Crippen LogP contribution in [0.3, 0.4) is 0 Å². The summed E-state index contributed by atoms with van der Waals surface area (Å²) < 4.78 is 18.1. The van der Waals surface area contributed by atoms with Crippen LogP contribution < -0.4 is 4.74 Å². The van der Waals surface area contributed by atoms with Gasteiger partial charge in [0, 0.05) is 5.56 Å². The van der Waals surface area contributed by atoms with Gasteiger partial charge in [0.2, 0.25) is 0 Å². The molecule has 1 rings (SSSR count). The van der Waals surface area contributed by atoms with Gasteiger partial charge in [-0.05, 0) is 18.1 Å². The summed E-state index contributed by atoms with van der Waals surface area (Å²) >= 11 is 0. The Balaban J connectivity index is 3.20. The summed E-state index contributed by atoms with van der Waals surface area (Å²) in [6, 6.07) is 4.85. The van der Waals surface area contributed by atoms with E-state index in [1.807, 2.05) is 13.0 Å². The molecule has 0 fully saturated rings. The van der Waals surface area contributed by atoms with Crippen molar-refractivity contribution in [1.29, 1.82) is 0 Å². The van der Waals surface area contributed by atoms with Crippen molar-refractivity contribution in [3.63, 3.8) is 0 Å². The number of ether oxygens (including phenoxy) is 1. The van der Waals surface area contributed by atoms with E-state index in [-0.39, 0.29) is 11.6 Å². The van der Waals surface area contributed by atoms with Gasteiger partial charge >= 0.3 is 0 Å². The van der Waals surface area contributed by atoms with E-state index in [0.717, 1.165) is 17.6 Å². The molecule has 70 valence electrons. The van der Waals surface area contributed by atoms with Gasteiger partial charge in [-0.15, -0.1) is 0 Å². The van der Waals surface area contributed by atoms with Gasteiger partial charge in [0.15, 0.2) is 11.6 Å². The van der Waals surface area contributed by atoms with Crippen LogP contribution in [0, 0.1) is 5.82 Å². The largest absolute Gasteiger partial charge is 0.493 e. The predicted octanol–water partition coefficient (Wildman–Crippen LogP) is 3.26. The summed E-state index contributed by atoms with van der Waals surface area (Å²) in [6.45, 7) is 5.83. The van der Waals surface area contributed by atoms with Crippen molar-refractivity contribution in [2.45, 2.75) is 13.3 Å². The molecule has 0 saturated carbocycles. The Morgan fingerprint density at radius 1 is 1.54 bits per heavy atom. The van der Waals surface area contributed by atoms with Crippen molar-refractivity contribution in [3.8, 4) is 5.75 Å². The van der Waals surface area contributed by atoms with E-state index in [1.54, 1.807) is 6.07 Å². The fourth-order valence-electron chi connectivity index (χ4n) is 1.19. The van der Waals surface area contributed by atoms with Crippen LogP contribution in [-0.2, 0) is 0 Å². The molecule has 0 unspecified atom stereocenters. The lowest BCUT2D eigenvalue weighted by Crippen LogP contribution is -1.93. The second-order valence-corrected chi connectivity index (χ2v) is 2.78. The van der Waals surface area contributed by atoms with Crippen LogP contribution in [-0.4, -0.2) is 7.11 Å². The maximum Gasteiger partial charge on any atom is 0.165 e. The van der Waals surface area contributed by atoms with Gasteiger partial charge in [0.25, 0.3) is 0 Å². The number of hydrogen-bond donors (Lipinski definition) is 0. The topological polar surface area (TPSA) is 9.23 Å². The molecule has 0 saturated heterocycles. The maximum absolute atomic E-state index is 13.2. The first-order valence-corrected chi connectivity index (χ1v) is 4.21. The highest BCUT2D eigenvalue weighted by molar-refractivity contribution is 5.68. The van der Waals surface area contributed by atoms with E-state index < -0.39 is 0 Å². The first-order chi connectivity index (χ1) is 6.20. The van der Waals surface area contributed by atoms with Crippen LogP contribution in [0.2, 0.25) is 0 Å². The van der Waals surface area contributed by atoms with Crippen LogP contribution in [0.5, 0.6) is 5.75 Å². The molecule has 2 heteroatoms. The molecule has 13 heavy (non-hydrogen) atoms. The van der Waals surface area contributed by atoms with Crippen molar-refractivity contribution in [1.82, 2.24) is 0 Å². The van der Waals surface area contributed by atoms with Crippen molar-refractivity contribution in [2.75, 3.05) is 7.11 Å². The van der Waals surface area contributed by atoms with E-state index in [9.17, 15) is 4.39 Å². The molecular formula is C11H13FO. The highest BCUT2D eigenvalue weighted by Crippen LogP contribution is 2.28. The van der Waals surface area contributed by atoms with E-state index >= 15 is 0 Å². The second kappa shape index (κ2) is 4.08. The third kappa shape index (κ3) is 1.89. The average Bonchev–Trinajstić information content (AvgIpc) is 2.16. The molecule has 0 aromatic heterocycles. The van der Waals surface area contributed by atoms with Gasteiger partial charge in [-0.1, -0.05) is 25.6 Å². The lowest BCUT2D eigenvalue weighted by Gasteiger charge is -2.09. The molecule has 0 atom stereocenters. The van der Waals surface area contributed by atoms with Crippen molar-refractivity contribution >= 4 is 5.57 Å². The summed E-state index contributed by atoms with van der Waals surface area (Å²) in [6.07, 6.45) is 0.791. The summed E-state index contributed by atoms with van der Waals surface area (Å²) in [7, 11) is 1.46. The third-order valence-electron chi connectivity index (χ3n) is 1.98. The zero-order valence-corrected chi connectivity index (χ0v) is 7.93. The number of hydrogen-bond acceptors (Lipinski definition) is 1. The monoisotopic (exact) mass is 180 g/mol. The molecule has 0 bridgehead atoms. The number of allylic oxidation sites excluding steroid dienone is 1. The molecule has 0 radical (unpaired) electrons. The molecular weight excluding hydrogens is 167 g/mol. The Bertz CT molecular complexity index is 318. The minimum absolute atomic E-state index is 0.286. The maximum atomic E-state index is 13.2. The molecule has 1 aromatic rings. The Morgan fingerprint density at radius 2 is 2.23 bits per heavy atom. The SMILES string of the molecule is C=C(CC)c1cccc(F)c1OC. The number of benzene rings is 1. The predicted molar refractivity (Wildman–Crippen MR) is 52.3 cm³/mol. The number of methoxy groups -OCH3 is 1. The molecule has 0 heterocycles.